The molecular formula is C28H42N6O3. The Bertz CT molecular complexity index is 1050. The third-order valence-corrected chi connectivity index (χ3v) is 6.69. The molecule has 0 unspecified atom stereocenters. The summed E-state index contributed by atoms with van der Waals surface area (Å²) in [6.07, 6.45) is 2.46. The van der Waals surface area contributed by atoms with Crippen molar-refractivity contribution in [3.8, 4) is 0 Å². The van der Waals surface area contributed by atoms with Crippen LogP contribution >= 0.6 is 0 Å². The van der Waals surface area contributed by atoms with Crippen molar-refractivity contribution in [1.82, 2.24) is 30.3 Å². The lowest BCUT2D eigenvalue weighted by molar-refractivity contribution is -0.132. The average molecular weight is 511 g/mol. The second-order valence-corrected chi connectivity index (χ2v) is 10.7. The Morgan fingerprint density at radius 1 is 1.05 bits per heavy atom. The summed E-state index contributed by atoms with van der Waals surface area (Å²) in [6, 6.07) is 8.55. The predicted molar refractivity (Wildman–Crippen MR) is 142 cm³/mol. The number of amides is 3. The smallest absolute Gasteiger partial charge is 0.243 e. The van der Waals surface area contributed by atoms with Crippen LogP contribution in [0.3, 0.4) is 0 Å². The van der Waals surface area contributed by atoms with Gasteiger partial charge in [-0.3, -0.25) is 14.4 Å². The maximum absolute atomic E-state index is 13.5. The first-order valence-corrected chi connectivity index (χ1v) is 13.5. The van der Waals surface area contributed by atoms with Crippen LogP contribution in [0.2, 0.25) is 0 Å². The zero-order chi connectivity index (χ0) is 26.9. The molecule has 0 bridgehead atoms. The number of carbonyl (C=O) groups excluding carboxylic acids is 3. The zero-order valence-electron chi connectivity index (χ0n) is 22.9. The predicted octanol–water partition coefficient (Wildman–Crippen LogP) is 3.19. The average Bonchev–Trinajstić information content (AvgIpc) is 3.22. The summed E-state index contributed by atoms with van der Waals surface area (Å²) in [5, 5.41) is 10.7. The molecule has 37 heavy (non-hydrogen) atoms. The van der Waals surface area contributed by atoms with Crippen molar-refractivity contribution in [2.45, 2.75) is 85.4 Å². The number of hydrogen-bond acceptors (Lipinski definition) is 5. The van der Waals surface area contributed by atoms with Gasteiger partial charge < -0.3 is 15.5 Å². The number of nitrogens with one attached hydrogen (secondary N) is 2. The Labute approximate surface area is 220 Å². The number of hydrogen-bond donors (Lipinski definition) is 2. The zero-order valence-corrected chi connectivity index (χ0v) is 22.9. The Balaban J connectivity index is 1.90. The molecule has 2 atom stereocenters. The molecule has 2 aromatic rings. The second-order valence-electron chi connectivity index (χ2n) is 10.7. The first kappa shape index (κ1) is 28.3. The molecule has 3 rings (SSSR count). The fourth-order valence-corrected chi connectivity index (χ4v) is 4.55. The van der Waals surface area contributed by atoms with Gasteiger partial charge in [-0.25, -0.2) is 9.67 Å². The fourth-order valence-electron chi connectivity index (χ4n) is 4.55. The summed E-state index contributed by atoms with van der Waals surface area (Å²) in [6.45, 7) is 11.5. The lowest BCUT2D eigenvalue weighted by Gasteiger charge is -2.28. The van der Waals surface area contributed by atoms with E-state index >= 15 is 0 Å². The van der Waals surface area contributed by atoms with Crippen molar-refractivity contribution in [2.75, 3.05) is 13.1 Å². The largest absolute Gasteiger partial charge is 0.344 e. The highest BCUT2D eigenvalue weighted by Gasteiger charge is 2.30. The lowest BCUT2D eigenvalue weighted by atomic mass is 10.0. The molecule has 1 aliphatic heterocycles. The molecule has 2 heterocycles. The number of rotatable bonds is 6. The molecule has 9 heteroatoms. The molecule has 0 saturated heterocycles. The van der Waals surface area contributed by atoms with Crippen molar-refractivity contribution in [1.29, 1.82) is 0 Å². The van der Waals surface area contributed by atoms with Gasteiger partial charge in [0.2, 0.25) is 17.7 Å². The number of fused-ring (bicyclic) bond motifs is 1. The minimum atomic E-state index is -0.722. The molecule has 0 radical (unpaired) electrons. The second kappa shape index (κ2) is 13.4. The van der Waals surface area contributed by atoms with E-state index in [0.29, 0.717) is 56.5 Å². The van der Waals surface area contributed by atoms with Crippen LogP contribution in [0.4, 0.5) is 0 Å². The summed E-state index contributed by atoms with van der Waals surface area (Å²) < 4.78 is 1.82. The SMILES string of the molecule is Cc1nc2n(n1)CCN(C(=O)CCC(C)C)CCCC(=O)N[C@@H](Cc1ccccc1)C(=O)N[C@@H]2C(C)C. The molecule has 9 nitrogen and oxygen atoms in total. The minimum Gasteiger partial charge on any atom is -0.344 e. The van der Waals surface area contributed by atoms with Gasteiger partial charge in [0.05, 0.1) is 12.6 Å². The van der Waals surface area contributed by atoms with Crippen molar-refractivity contribution >= 4 is 17.7 Å². The van der Waals surface area contributed by atoms with Crippen LogP contribution in [-0.4, -0.2) is 56.5 Å². The topological polar surface area (TPSA) is 109 Å². The van der Waals surface area contributed by atoms with E-state index < -0.39 is 12.1 Å². The van der Waals surface area contributed by atoms with Gasteiger partial charge in [0.15, 0.2) is 0 Å². The van der Waals surface area contributed by atoms with Crippen LogP contribution < -0.4 is 10.6 Å². The Hall–Kier alpha value is -3.23. The first-order valence-electron chi connectivity index (χ1n) is 13.5. The number of aryl methyl sites for hydroxylation is 1. The van der Waals surface area contributed by atoms with Crippen LogP contribution in [-0.2, 0) is 27.3 Å². The Morgan fingerprint density at radius 2 is 1.78 bits per heavy atom. The summed E-state index contributed by atoms with van der Waals surface area (Å²) >= 11 is 0. The summed E-state index contributed by atoms with van der Waals surface area (Å²) in [5.74, 6) is 1.42. The van der Waals surface area contributed by atoms with Crippen molar-refractivity contribution < 1.29 is 14.4 Å². The van der Waals surface area contributed by atoms with Crippen molar-refractivity contribution in [2.24, 2.45) is 11.8 Å². The maximum Gasteiger partial charge on any atom is 0.243 e. The standard InChI is InChI=1S/C28H42N6O3/c1-19(2)13-14-25(36)33-15-9-12-24(35)30-23(18-22-10-7-6-8-11-22)28(37)31-26(20(3)4)27-29-21(5)32-34(27)17-16-33/h6-8,10-11,19-20,23,26H,9,12-18H2,1-5H3,(H,30,35)(H,31,37)/t23-,26+/m0/s1. The van der Waals surface area contributed by atoms with Crippen molar-refractivity contribution in [3.05, 3.63) is 47.5 Å². The monoisotopic (exact) mass is 510 g/mol. The Kier molecular flexibility index (Phi) is 10.2. The van der Waals surface area contributed by atoms with E-state index in [4.69, 9.17) is 0 Å². The molecule has 1 aromatic heterocycles. The van der Waals surface area contributed by atoms with E-state index in [1.165, 1.54) is 0 Å². The van der Waals surface area contributed by atoms with E-state index in [1.807, 2.05) is 60.7 Å². The molecule has 0 spiro atoms. The van der Waals surface area contributed by atoms with E-state index in [-0.39, 0.29) is 30.1 Å². The fraction of sp³-hybridized carbons (Fsp3) is 0.607. The number of benzene rings is 1. The van der Waals surface area contributed by atoms with E-state index in [0.717, 1.165) is 12.0 Å². The highest BCUT2D eigenvalue weighted by atomic mass is 16.2. The van der Waals surface area contributed by atoms with Crippen LogP contribution in [0, 0.1) is 18.8 Å². The van der Waals surface area contributed by atoms with Gasteiger partial charge in [-0.15, -0.1) is 0 Å². The third-order valence-electron chi connectivity index (χ3n) is 6.69. The highest BCUT2D eigenvalue weighted by Crippen LogP contribution is 2.21. The van der Waals surface area contributed by atoms with Gasteiger partial charge in [0.1, 0.15) is 17.7 Å². The van der Waals surface area contributed by atoms with Crippen LogP contribution in [0.15, 0.2) is 30.3 Å². The van der Waals surface area contributed by atoms with E-state index in [9.17, 15) is 14.4 Å². The molecule has 0 fully saturated rings. The molecule has 2 N–H and O–H groups in total. The van der Waals surface area contributed by atoms with Gasteiger partial charge in [0, 0.05) is 32.4 Å². The van der Waals surface area contributed by atoms with E-state index in [1.54, 1.807) is 0 Å². The van der Waals surface area contributed by atoms with Crippen LogP contribution in [0.25, 0.3) is 0 Å². The number of carbonyl (C=O) groups is 3. The molecule has 202 valence electrons. The van der Waals surface area contributed by atoms with E-state index in [2.05, 4.69) is 34.6 Å². The first-order chi connectivity index (χ1) is 17.6. The molecule has 1 aliphatic rings. The van der Waals surface area contributed by atoms with Crippen LogP contribution in [0.5, 0.6) is 0 Å². The quantitative estimate of drug-likeness (QED) is 0.620. The van der Waals surface area contributed by atoms with Gasteiger partial charge in [0.25, 0.3) is 0 Å². The normalized spacial score (nSPS) is 19.8. The third kappa shape index (κ3) is 8.40. The van der Waals surface area contributed by atoms with Gasteiger partial charge >= 0.3 is 0 Å². The molecule has 0 aliphatic carbocycles. The van der Waals surface area contributed by atoms with Crippen LogP contribution in [0.1, 0.15) is 76.6 Å². The number of nitrogens with zero attached hydrogens (tertiary/aromatic N) is 4. The van der Waals surface area contributed by atoms with Gasteiger partial charge in [-0.2, -0.15) is 5.10 Å². The molecule has 3 amide bonds. The molecule has 1 aromatic carbocycles. The van der Waals surface area contributed by atoms with Gasteiger partial charge in [-0.1, -0.05) is 58.0 Å². The highest BCUT2D eigenvalue weighted by molar-refractivity contribution is 5.88. The lowest BCUT2D eigenvalue weighted by Crippen LogP contribution is -2.50. The minimum absolute atomic E-state index is 0.0380. The van der Waals surface area contributed by atoms with Gasteiger partial charge in [-0.05, 0) is 37.2 Å². The van der Waals surface area contributed by atoms with Crippen molar-refractivity contribution in [3.63, 3.8) is 0 Å². The Morgan fingerprint density at radius 3 is 2.46 bits per heavy atom. The summed E-state index contributed by atoms with van der Waals surface area (Å²) in [4.78, 5) is 45.9. The maximum atomic E-state index is 13.5. The summed E-state index contributed by atoms with van der Waals surface area (Å²) in [7, 11) is 0. The summed E-state index contributed by atoms with van der Waals surface area (Å²) in [5.41, 5.74) is 0.964. The molecular weight excluding hydrogens is 468 g/mol. The molecule has 0 saturated carbocycles. The number of aromatic nitrogens is 3.